The number of nitrogens with one attached hydrogen (secondary N) is 2. The Morgan fingerprint density at radius 1 is 1.16 bits per heavy atom. The summed E-state index contributed by atoms with van der Waals surface area (Å²) >= 11 is 0. The zero-order valence-corrected chi connectivity index (χ0v) is 13.6. The van der Waals surface area contributed by atoms with Crippen molar-refractivity contribution in [3.8, 4) is 0 Å². The molecule has 1 aliphatic heterocycles. The molecule has 1 aromatic carbocycles. The maximum atomic E-state index is 12.6. The van der Waals surface area contributed by atoms with Gasteiger partial charge < -0.3 is 15.0 Å². The smallest absolute Gasteiger partial charge is 0.339 e. The summed E-state index contributed by atoms with van der Waals surface area (Å²) in [5, 5.41) is 2.98. The average molecular weight is 338 g/mol. The lowest BCUT2D eigenvalue weighted by atomic mass is 9.90. The van der Waals surface area contributed by atoms with Crippen LogP contribution < -0.4 is 10.9 Å². The number of carbonyl (C=O) groups excluding carboxylic acids is 2. The lowest BCUT2D eigenvalue weighted by molar-refractivity contribution is -0.131. The maximum absolute atomic E-state index is 12.6. The number of H-pyrrole nitrogens is 1. The molecular formula is C19H18N2O4. The van der Waals surface area contributed by atoms with Crippen LogP contribution in [0.2, 0.25) is 0 Å². The highest BCUT2D eigenvalue weighted by Gasteiger charge is 2.33. The van der Waals surface area contributed by atoms with Crippen molar-refractivity contribution in [2.45, 2.75) is 37.8 Å². The van der Waals surface area contributed by atoms with E-state index in [1.807, 2.05) is 12.1 Å². The lowest BCUT2D eigenvalue weighted by Gasteiger charge is -2.29. The van der Waals surface area contributed by atoms with Crippen LogP contribution >= 0.6 is 0 Å². The Morgan fingerprint density at radius 3 is 2.88 bits per heavy atom. The Labute approximate surface area is 144 Å². The van der Waals surface area contributed by atoms with Crippen LogP contribution in [0.4, 0.5) is 0 Å². The van der Waals surface area contributed by atoms with E-state index in [-0.39, 0.29) is 17.5 Å². The van der Waals surface area contributed by atoms with Crippen molar-refractivity contribution in [3.63, 3.8) is 0 Å². The molecule has 0 fully saturated rings. The molecule has 1 amide bonds. The van der Waals surface area contributed by atoms with E-state index in [0.29, 0.717) is 12.0 Å². The van der Waals surface area contributed by atoms with Crippen molar-refractivity contribution in [1.29, 1.82) is 0 Å². The van der Waals surface area contributed by atoms with E-state index in [9.17, 15) is 14.4 Å². The molecule has 2 aromatic rings. The van der Waals surface area contributed by atoms with Gasteiger partial charge in [-0.25, -0.2) is 4.79 Å². The van der Waals surface area contributed by atoms with E-state index in [4.69, 9.17) is 4.74 Å². The van der Waals surface area contributed by atoms with Crippen LogP contribution in [0.5, 0.6) is 0 Å². The predicted octanol–water partition coefficient (Wildman–Crippen LogP) is 1.65. The number of carbonyl (C=O) groups is 2. The van der Waals surface area contributed by atoms with Gasteiger partial charge in [-0.3, -0.25) is 9.59 Å². The zero-order chi connectivity index (χ0) is 17.4. The Balaban J connectivity index is 1.52. The molecule has 25 heavy (non-hydrogen) atoms. The second-order valence-electron chi connectivity index (χ2n) is 6.47. The van der Waals surface area contributed by atoms with Crippen LogP contribution in [-0.2, 0) is 22.4 Å². The zero-order valence-electron chi connectivity index (χ0n) is 13.6. The minimum atomic E-state index is -0.824. The number of hydrogen-bond acceptors (Lipinski definition) is 4. The third kappa shape index (κ3) is 2.95. The van der Waals surface area contributed by atoms with Gasteiger partial charge in [0, 0.05) is 18.2 Å². The first-order valence-electron chi connectivity index (χ1n) is 8.43. The Kier molecular flexibility index (Phi) is 3.87. The number of hydrogen-bond donors (Lipinski definition) is 2. The van der Waals surface area contributed by atoms with Crippen molar-refractivity contribution < 1.29 is 14.3 Å². The summed E-state index contributed by atoms with van der Waals surface area (Å²) in [6, 6.07) is 10.2. The third-order valence-electron chi connectivity index (χ3n) is 4.83. The normalized spacial score (nSPS) is 21.7. The molecule has 128 valence electrons. The van der Waals surface area contributed by atoms with E-state index in [1.54, 1.807) is 18.2 Å². The number of aromatic amines is 1. The number of aromatic nitrogens is 1. The lowest BCUT2D eigenvalue weighted by Crippen LogP contribution is -2.44. The molecule has 1 aliphatic carbocycles. The van der Waals surface area contributed by atoms with Crippen molar-refractivity contribution >= 4 is 11.9 Å². The van der Waals surface area contributed by atoms with Crippen LogP contribution in [0.15, 0.2) is 41.2 Å². The van der Waals surface area contributed by atoms with Gasteiger partial charge in [-0.2, -0.15) is 0 Å². The van der Waals surface area contributed by atoms with Crippen LogP contribution in [0.25, 0.3) is 0 Å². The summed E-state index contributed by atoms with van der Waals surface area (Å²) in [6.07, 6.45) is 2.02. The van der Waals surface area contributed by atoms with Gasteiger partial charge in [0.25, 0.3) is 5.91 Å². The highest BCUT2D eigenvalue weighted by atomic mass is 16.5. The predicted molar refractivity (Wildman–Crippen MR) is 90.2 cm³/mol. The molecular weight excluding hydrogens is 320 g/mol. The van der Waals surface area contributed by atoms with E-state index in [2.05, 4.69) is 10.3 Å². The van der Waals surface area contributed by atoms with Crippen molar-refractivity contribution in [1.82, 2.24) is 10.3 Å². The first-order chi connectivity index (χ1) is 12.1. The minimum Gasteiger partial charge on any atom is -0.448 e. The summed E-state index contributed by atoms with van der Waals surface area (Å²) in [5.74, 6) is -0.762. The average Bonchev–Trinajstić information content (AvgIpc) is 2.61. The fourth-order valence-corrected chi connectivity index (χ4v) is 3.59. The van der Waals surface area contributed by atoms with Gasteiger partial charge >= 0.3 is 5.97 Å². The number of pyridine rings is 1. The van der Waals surface area contributed by atoms with Crippen LogP contribution in [-0.4, -0.2) is 23.0 Å². The minimum absolute atomic E-state index is 0.136. The fourth-order valence-electron chi connectivity index (χ4n) is 3.59. The largest absolute Gasteiger partial charge is 0.448 e. The molecule has 2 aliphatic rings. The van der Waals surface area contributed by atoms with Crippen molar-refractivity contribution in [2.75, 3.05) is 0 Å². The second kappa shape index (κ2) is 6.20. The van der Waals surface area contributed by atoms with E-state index in [0.717, 1.165) is 36.1 Å². The fraction of sp³-hybridized carbons (Fsp3) is 0.316. The van der Waals surface area contributed by atoms with Gasteiger partial charge in [-0.1, -0.05) is 18.2 Å². The van der Waals surface area contributed by atoms with Gasteiger partial charge in [-0.05, 0) is 42.5 Å². The summed E-state index contributed by atoms with van der Waals surface area (Å²) in [5.41, 5.74) is 3.01. The first kappa shape index (κ1) is 15.6. The number of amides is 1. The number of cyclic esters (lactones) is 1. The molecule has 0 radical (unpaired) electrons. The molecule has 2 heterocycles. The van der Waals surface area contributed by atoms with E-state index >= 15 is 0 Å². The highest BCUT2D eigenvalue weighted by Crippen LogP contribution is 2.28. The summed E-state index contributed by atoms with van der Waals surface area (Å²) in [4.78, 5) is 39.0. The van der Waals surface area contributed by atoms with Crippen molar-refractivity contribution in [2.24, 2.45) is 0 Å². The van der Waals surface area contributed by atoms with E-state index < -0.39 is 12.1 Å². The van der Waals surface area contributed by atoms with Gasteiger partial charge in [0.05, 0.1) is 11.6 Å². The van der Waals surface area contributed by atoms with Gasteiger partial charge in [0.1, 0.15) is 0 Å². The molecule has 6 heteroatoms. The molecule has 0 saturated carbocycles. The second-order valence-corrected chi connectivity index (χ2v) is 6.47. The summed E-state index contributed by atoms with van der Waals surface area (Å²) in [7, 11) is 0. The number of esters is 1. The van der Waals surface area contributed by atoms with E-state index in [1.165, 1.54) is 6.07 Å². The van der Waals surface area contributed by atoms with Crippen LogP contribution in [0.3, 0.4) is 0 Å². The number of rotatable bonds is 2. The number of fused-ring (bicyclic) bond motifs is 2. The monoisotopic (exact) mass is 338 g/mol. The molecule has 2 N–H and O–H groups in total. The quantitative estimate of drug-likeness (QED) is 0.815. The molecule has 0 saturated heterocycles. The summed E-state index contributed by atoms with van der Waals surface area (Å²) < 4.78 is 5.31. The van der Waals surface area contributed by atoms with Crippen LogP contribution in [0, 0.1) is 0 Å². The summed E-state index contributed by atoms with van der Waals surface area (Å²) in [6.45, 7) is 0. The molecule has 4 rings (SSSR count). The topological polar surface area (TPSA) is 88.3 Å². The van der Waals surface area contributed by atoms with Gasteiger partial charge in [0.15, 0.2) is 6.10 Å². The molecule has 6 nitrogen and oxygen atoms in total. The Bertz CT molecular complexity index is 902. The van der Waals surface area contributed by atoms with Gasteiger partial charge in [0.2, 0.25) is 5.56 Å². The standard InChI is InChI=1S/C19H18N2O4/c22-17-9-8-13-14(20-17)6-3-7-15(13)21-18(23)16-10-11-4-1-2-5-12(11)19(24)25-16/h1-2,4-5,8-9,15-16H,3,6-7,10H2,(H,20,22)(H,21,23)/t15-,16+/m0/s1. The molecule has 2 atom stereocenters. The molecule has 1 aromatic heterocycles. The third-order valence-corrected chi connectivity index (χ3v) is 4.83. The number of ether oxygens (including phenoxy) is 1. The Morgan fingerprint density at radius 2 is 2.00 bits per heavy atom. The number of aryl methyl sites for hydroxylation is 1. The maximum Gasteiger partial charge on any atom is 0.339 e. The van der Waals surface area contributed by atoms with Gasteiger partial charge in [-0.15, -0.1) is 0 Å². The first-order valence-corrected chi connectivity index (χ1v) is 8.43. The SMILES string of the molecule is O=C1O[C@@H](C(=O)N[C@H]2CCCc3[nH]c(=O)ccc32)Cc2ccccc21. The number of benzene rings is 1. The van der Waals surface area contributed by atoms with Crippen molar-refractivity contribution in [3.05, 3.63) is 69.1 Å². The highest BCUT2D eigenvalue weighted by molar-refractivity contribution is 5.95. The Hall–Kier alpha value is -2.89. The molecule has 0 unspecified atom stereocenters. The molecule has 0 bridgehead atoms. The van der Waals surface area contributed by atoms with Crippen LogP contribution in [0.1, 0.15) is 46.1 Å². The molecule has 0 spiro atoms.